The van der Waals surface area contributed by atoms with Crippen molar-refractivity contribution in [2.75, 3.05) is 25.3 Å². The van der Waals surface area contributed by atoms with Gasteiger partial charge in [0.25, 0.3) is 0 Å². The standard InChI is InChI=1S/C30H47N3O3/c1-28(2)13-12-25-23(11-10-21-17-29(3,35)14-15-30(21,25)20-36-4)24(28)8-5-7-22(34)19-33-27-9-6-16-31-26(27)18-32-33/h6,9,16,21,23-25,32,35H,5,7-8,10-15,17-20H2,1-4H3/t21-,23-,24-,25-,29+,30+/m0/s1. The van der Waals surface area contributed by atoms with Crippen LogP contribution in [0.15, 0.2) is 18.3 Å². The Morgan fingerprint density at radius 3 is 2.86 bits per heavy atom. The first-order valence-corrected chi connectivity index (χ1v) is 14.3. The monoisotopic (exact) mass is 497 g/mol. The van der Waals surface area contributed by atoms with E-state index >= 15 is 0 Å². The van der Waals surface area contributed by atoms with Gasteiger partial charge >= 0.3 is 0 Å². The van der Waals surface area contributed by atoms with E-state index in [1.807, 2.05) is 37.4 Å². The molecule has 6 nitrogen and oxygen atoms in total. The summed E-state index contributed by atoms with van der Waals surface area (Å²) in [7, 11) is 1.86. The highest BCUT2D eigenvalue weighted by Gasteiger charge is 2.59. The highest BCUT2D eigenvalue weighted by molar-refractivity contribution is 5.83. The molecule has 2 N–H and O–H groups in total. The number of ketones is 1. The summed E-state index contributed by atoms with van der Waals surface area (Å²) >= 11 is 0. The molecule has 36 heavy (non-hydrogen) atoms. The summed E-state index contributed by atoms with van der Waals surface area (Å²) in [5.41, 5.74) is 5.37. The quantitative estimate of drug-likeness (QED) is 0.508. The molecule has 3 aliphatic carbocycles. The molecule has 6 heteroatoms. The van der Waals surface area contributed by atoms with Crippen molar-refractivity contribution in [2.45, 2.75) is 97.1 Å². The van der Waals surface area contributed by atoms with Crippen molar-refractivity contribution in [3.8, 4) is 0 Å². The first kappa shape index (κ1) is 26.1. The molecule has 2 heterocycles. The maximum atomic E-state index is 12.9. The summed E-state index contributed by atoms with van der Waals surface area (Å²) in [6.45, 7) is 8.91. The molecule has 0 unspecified atom stereocenters. The van der Waals surface area contributed by atoms with Crippen molar-refractivity contribution in [3.05, 3.63) is 24.0 Å². The molecule has 0 saturated heterocycles. The highest BCUT2D eigenvalue weighted by atomic mass is 16.5. The molecule has 3 fully saturated rings. The van der Waals surface area contributed by atoms with Crippen molar-refractivity contribution in [1.29, 1.82) is 0 Å². The zero-order chi connectivity index (χ0) is 25.6. The van der Waals surface area contributed by atoms with Crippen LogP contribution >= 0.6 is 0 Å². The average Bonchev–Trinajstić information content (AvgIpc) is 3.23. The zero-order valence-electron chi connectivity index (χ0n) is 22.9. The van der Waals surface area contributed by atoms with E-state index in [1.165, 1.54) is 25.7 Å². The van der Waals surface area contributed by atoms with Crippen LogP contribution < -0.4 is 10.4 Å². The Hall–Kier alpha value is -1.50. The first-order chi connectivity index (χ1) is 17.2. The summed E-state index contributed by atoms with van der Waals surface area (Å²) in [5, 5.41) is 12.8. The molecule has 0 amide bonds. The number of pyridine rings is 1. The lowest BCUT2D eigenvalue weighted by Gasteiger charge is -2.62. The van der Waals surface area contributed by atoms with E-state index in [-0.39, 0.29) is 5.41 Å². The third kappa shape index (κ3) is 4.86. The van der Waals surface area contributed by atoms with Gasteiger partial charge in [0, 0.05) is 19.7 Å². The molecule has 0 radical (unpaired) electrons. The summed E-state index contributed by atoms with van der Waals surface area (Å²) in [4.78, 5) is 17.3. The molecular formula is C30H47N3O3. The molecule has 0 spiro atoms. The van der Waals surface area contributed by atoms with Gasteiger partial charge in [0.1, 0.15) is 0 Å². The Bertz CT molecular complexity index is 947. The Balaban J connectivity index is 1.23. The predicted molar refractivity (Wildman–Crippen MR) is 142 cm³/mol. The number of hydrazine groups is 1. The van der Waals surface area contributed by atoms with E-state index in [2.05, 4.69) is 24.3 Å². The van der Waals surface area contributed by atoms with Crippen molar-refractivity contribution in [1.82, 2.24) is 10.4 Å². The van der Waals surface area contributed by atoms with Crippen LogP contribution in [0.4, 0.5) is 5.69 Å². The Labute approximate surface area is 217 Å². The second-order valence-corrected chi connectivity index (χ2v) is 13.4. The third-order valence-electron chi connectivity index (χ3n) is 10.7. The van der Waals surface area contributed by atoms with Gasteiger partial charge in [-0.15, -0.1) is 0 Å². The van der Waals surface area contributed by atoms with Gasteiger partial charge in [0.15, 0.2) is 5.78 Å². The van der Waals surface area contributed by atoms with Gasteiger partial charge in [-0.1, -0.05) is 13.8 Å². The largest absolute Gasteiger partial charge is 0.390 e. The highest BCUT2D eigenvalue weighted by Crippen LogP contribution is 2.64. The number of hydrogen-bond donors (Lipinski definition) is 2. The first-order valence-electron chi connectivity index (χ1n) is 14.3. The molecule has 5 rings (SSSR count). The summed E-state index contributed by atoms with van der Waals surface area (Å²) in [6, 6.07) is 3.97. The van der Waals surface area contributed by atoms with Gasteiger partial charge in [0.2, 0.25) is 0 Å². The number of aliphatic hydroxyl groups is 1. The molecule has 1 aromatic heterocycles. The summed E-state index contributed by atoms with van der Waals surface area (Å²) in [6.07, 6.45) is 12.5. The lowest BCUT2D eigenvalue weighted by atomic mass is 9.43. The number of methoxy groups -OCH3 is 1. The number of hydrogen-bond acceptors (Lipinski definition) is 6. The van der Waals surface area contributed by atoms with E-state index in [0.29, 0.717) is 54.4 Å². The number of nitrogens with zero attached hydrogens (tertiary/aromatic N) is 2. The van der Waals surface area contributed by atoms with E-state index in [9.17, 15) is 9.90 Å². The van der Waals surface area contributed by atoms with E-state index in [0.717, 1.165) is 50.1 Å². The topological polar surface area (TPSA) is 74.7 Å². The third-order valence-corrected chi connectivity index (χ3v) is 10.7. The van der Waals surface area contributed by atoms with E-state index < -0.39 is 5.60 Å². The van der Waals surface area contributed by atoms with Crippen LogP contribution in [0.3, 0.4) is 0 Å². The van der Waals surface area contributed by atoms with Crippen LogP contribution in [0.25, 0.3) is 0 Å². The van der Waals surface area contributed by atoms with Crippen LogP contribution in [0.2, 0.25) is 0 Å². The molecule has 0 bridgehead atoms. The fourth-order valence-corrected chi connectivity index (χ4v) is 8.87. The Morgan fingerprint density at radius 2 is 2.06 bits per heavy atom. The lowest BCUT2D eigenvalue weighted by molar-refractivity contribution is -0.174. The SMILES string of the molecule is COC[C@]12CC[C@@](C)(O)C[C@@H]1CC[C@H]1[C@H](CCCC(=O)CN3NCc4ncccc43)C(C)(C)CC[C@@H]12. The van der Waals surface area contributed by atoms with Crippen molar-refractivity contribution >= 4 is 11.5 Å². The minimum atomic E-state index is -0.525. The zero-order valence-corrected chi connectivity index (χ0v) is 22.9. The second-order valence-electron chi connectivity index (χ2n) is 13.4. The van der Waals surface area contributed by atoms with Gasteiger partial charge in [-0.05, 0) is 111 Å². The smallest absolute Gasteiger partial charge is 0.153 e. The molecule has 0 aromatic carbocycles. The van der Waals surface area contributed by atoms with Crippen LogP contribution in [0, 0.1) is 34.5 Å². The van der Waals surface area contributed by atoms with Gasteiger partial charge in [-0.25, -0.2) is 5.43 Å². The average molecular weight is 498 g/mol. The molecule has 3 saturated carbocycles. The van der Waals surface area contributed by atoms with Crippen molar-refractivity contribution in [2.24, 2.45) is 34.5 Å². The van der Waals surface area contributed by atoms with Crippen LogP contribution in [0.1, 0.15) is 90.7 Å². The molecule has 6 atom stereocenters. The number of ether oxygens (including phenoxy) is 1. The van der Waals surface area contributed by atoms with Crippen LogP contribution in [-0.4, -0.2) is 41.7 Å². The normalized spacial score (nSPS) is 37.2. The number of nitrogens with one attached hydrogen (secondary N) is 1. The van der Waals surface area contributed by atoms with Crippen molar-refractivity contribution < 1.29 is 14.6 Å². The van der Waals surface area contributed by atoms with Gasteiger partial charge in [0.05, 0.1) is 36.7 Å². The maximum Gasteiger partial charge on any atom is 0.153 e. The maximum absolute atomic E-state index is 12.9. The molecule has 4 aliphatic rings. The molecule has 1 aliphatic heterocycles. The number of fused-ring (bicyclic) bond motifs is 4. The van der Waals surface area contributed by atoms with E-state index in [4.69, 9.17) is 4.74 Å². The van der Waals surface area contributed by atoms with Crippen LogP contribution in [-0.2, 0) is 16.1 Å². The minimum absolute atomic E-state index is 0.216. The van der Waals surface area contributed by atoms with Gasteiger partial charge in [-0.3, -0.25) is 14.8 Å². The fraction of sp³-hybridized carbons (Fsp3) is 0.800. The molecule has 200 valence electrons. The van der Waals surface area contributed by atoms with Gasteiger partial charge < -0.3 is 9.84 Å². The molecular weight excluding hydrogens is 450 g/mol. The van der Waals surface area contributed by atoms with Crippen molar-refractivity contribution in [3.63, 3.8) is 0 Å². The Morgan fingerprint density at radius 1 is 1.22 bits per heavy atom. The van der Waals surface area contributed by atoms with Gasteiger partial charge in [-0.2, -0.15) is 0 Å². The fourth-order valence-electron chi connectivity index (χ4n) is 8.87. The number of aromatic nitrogens is 1. The predicted octanol–water partition coefficient (Wildman–Crippen LogP) is 5.29. The van der Waals surface area contributed by atoms with E-state index in [1.54, 1.807) is 0 Å². The number of carbonyl (C=O) groups excluding carboxylic acids is 1. The minimum Gasteiger partial charge on any atom is -0.390 e. The lowest BCUT2D eigenvalue weighted by Crippen LogP contribution is -2.58. The number of anilines is 1. The summed E-state index contributed by atoms with van der Waals surface area (Å²) < 4.78 is 5.91. The van der Waals surface area contributed by atoms with Crippen LogP contribution in [0.5, 0.6) is 0 Å². The molecule has 1 aromatic rings. The summed E-state index contributed by atoms with van der Waals surface area (Å²) in [5.74, 6) is 2.90. The second kappa shape index (κ2) is 9.99. The number of Topliss-reactive ketones (excluding diaryl/α,β-unsaturated/α-hetero) is 1. The number of rotatable bonds is 8. The number of carbonyl (C=O) groups is 1. The Kier molecular flexibility index (Phi) is 7.25.